The van der Waals surface area contributed by atoms with Crippen LogP contribution in [-0.4, -0.2) is 47.7 Å². The van der Waals surface area contributed by atoms with Gasteiger partial charge in [-0.05, 0) is 32.7 Å². The van der Waals surface area contributed by atoms with E-state index in [1.165, 1.54) is 19.3 Å². The molecular weight excluding hydrogens is 228 g/mol. The Morgan fingerprint density at radius 2 is 2.28 bits per heavy atom. The van der Waals surface area contributed by atoms with Gasteiger partial charge in [0, 0.05) is 12.1 Å². The lowest BCUT2D eigenvalue weighted by molar-refractivity contribution is -0.123. The van der Waals surface area contributed by atoms with Crippen LogP contribution in [-0.2, 0) is 4.79 Å². The fourth-order valence-electron chi connectivity index (χ4n) is 2.59. The number of unbranched alkanes of at least 4 members (excludes halogenated alkanes) is 2. The van der Waals surface area contributed by atoms with Crippen molar-refractivity contribution in [3.63, 3.8) is 0 Å². The largest absolute Gasteiger partial charge is 0.395 e. The first-order valence-corrected chi connectivity index (χ1v) is 7.31. The monoisotopic (exact) mass is 256 g/mol. The van der Waals surface area contributed by atoms with Crippen LogP contribution in [0.3, 0.4) is 0 Å². The minimum atomic E-state index is 0.0966. The van der Waals surface area contributed by atoms with Crippen LogP contribution in [0.2, 0.25) is 0 Å². The quantitative estimate of drug-likeness (QED) is 0.648. The second-order valence-electron chi connectivity index (χ2n) is 5.41. The summed E-state index contributed by atoms with van der Waals surface area (Å²) < 4.78 is 0. The van der Waals surface area contributed by atoms with Gasteiger partial charge < -0.3 is 10.4 Å². The summed E-state index contributed by atoms with van der Waals surface area (Å²) in [7, 11) is 0. The molecular formula is C14H28N2O2. The van der Waals surface area contributed by atoms with Crippen molar-refractivity contribution >= 4 is 5.91 Å². The van der Waals surface area contributed by atoms with Gasteiger partial charge in [-0.25, -0.2) is 0 Å². The Morgan fingerprint density at radius 1 is 1.50 bits per heavy atom. The van der Waals surface area contributed by atoms with Gasteiger partial charge in [-0.2, -0.15) is 0 Å². The van der Waals surface area contributed by atoms with Gasteiger partial charge in [-0.3, -0.25) is 9.69 Å². The second kappa shape index (κ2) is 8.48. The third-order valence-electron chi connectivity index (χ3n) is 3.70. The summed E-state index contributed by atoms with van der Waals surface area (Å²) in [5, 5.41) is 12.2. The molecule has 0 saturated carbocycles. The number of likely N-dealkylation sites (tertiary alicyclic amines) is 1. The number of aliphatic hydroxyl groups excluding tert-OH is 1. The summed E-state index contributed by atoms with van der Waals surface area (Å²) in [4.78, 5) is 14.0. The van der Waals surface area contributed by atoms with Gasteiger partial charge >= 0.3 is 0 Å². The van der Waals surface area contributed by atoms with Gasteiger partial charge in [-0.15, -0.1) is 0 Å². The van der Waals surface area contributed by atoms with Crippen molar-refractivity contribution < 1.29 is 9.90 Å². The van der Waals surface area contributed by atoms with Crippen molar-refractivity contribution in [3.05, 3.63) is 0 Å². The van der Waals surface area contributed by atoms with Gasteiger partial charge in [0.2, 0.25) is 5.91 Å². The zero-order chi connectivity index (χ0) is 13.4. The Hall–Kier alpha value is -0.610. The Bertz CT molecular complexity index is 246. The molecule has 4 nitrogen and oxygen atoms in total. The molecule has 1 aliphatic heterocycles. The Labute approximate surface area is 111 Å². The Morgan fingerprint density at radius 3 is 2.94 bits per heavy atom. The molecule has 0 aromatic rings. The van der Waals surface area contributed by atoms with Gasteiger partial charge in [0.15, 0.2) is 0 Å². The molecule has 1 heterocycles. The maximum absolute atomic E-state index is 11.9. The van der Waals surface area contributed by atoms with Crippen molar-refractivity contribution in [1.82, 2.24) is 10.2 Å². The standard InChI is InChI=1S/C14H28N2O2/c1-3-4-5-7-12(2)15-14(18)10-16-9-6-8-13(16)11-17/h12-13,17H,3-11H2,1-2H3,(H,15,18). The van der Waals surface area contributed by atoms with Crippen LogP contribution in [0.25, 0.3) is 0 Å². The smallest absolute Gasteiger partial charge is 0.234 e. The highest BCUT2D eigenvalue weighted by atomic mass is 16.3. The average molecular weight is 256 g/mol. The number of hydrogen-bond acceptors (Lipinski definition) is 3. The van der Waals surface area contributed by atoms with Crippen LogP contribution >= 0.6 is 0 Å². The number of carbonyl (C=O) groups is 1. The third-order valence-corrected chi connectivity index (χ3v) is 3.70. The number of amides is 1. The summed E-state index contributed by atoms with van der Waals surface area (Å²) in [6, 6.07) is 0.449. The second-order valence-corrected chi connectivity index (χ2v) is 5.41. The molecule has 1 aliphatic rings. The molecule has 4 heteroatoms. The number of aliphatic hydroxyl groups is 1. The molecule has 18 heavy (non-hydrogen) atoms. The van der Waals surface area contributed by atoms with E-state index in [0.717, 1.165) is 25.8 Å². The van der Waals surface area contributed by atoms with Crippen molar-refractivity contribution in [1.29, 1.82) is 0 Å². The molecule has 0 aliphatic carbocycles. The summed E-state index contributed by atoms with van der Waals surface area (Å²) in [5.74, 6) is 0.0966. The maximum atomic E-state index is 11.9. The summed E-state index contributed by atoms with van der Waals surface area (Å²) in [6.45, 7) is 5.79. The van der Waals surface area contributed by atoms with E-state index in [4.69, 9.17) is 0 Å². The summed E-state index contributed by atoms with van der Waals surface area (Å²) >= 11 is 0. The molecule has 2 atom stereocenters. The highest BCUT2D eigenvalue weighted by molar-refractivity contribution is 5.78. The topological polar surface area (TPSA) is 52.6 Å². The molecule has 1 fully saturated rings. The predicted molar refractivity (Wildman–Crippen MR) is 73.4 cm³/mol. The highest BCUT2D eigenvalue weighted by Crippen LogP contribution is 2.15. The van der Waals surface area contributed by atoms with Crippen LogP contribution < -0.4 is 5.32 Å². The van der Waals surface area contributed by atoms with E-state index in [2.05, 4.69) is 24.1 Å². The molecule has 0 radical (unpaired) electrons. The number of rotatable bonds is 8. The molecule has 1 saturated heterocycles. The molecule has 106 valence electrons. The lowest BCUT2D eigenvalue weighted by Gasteiger charge is -2.23. The normalized spacial score (nSPS) is 22.1. The molecule has 1 rings (SSSR count). The van der Waals surface area contributed by atoms with Crippen LogP contribution in [0.15, 0.2) is 0 Å². The lowest BCUT2D eigenvalue weighted by atomic mass is 10.1. The zero-order valence-corrected chi connectivity index (χ0v) is 11.8. The van der Waals surface area contributed by atoms with Crippen LogP contribution in [0.4, 0.5) is 0 Å². The van der Waals surface area contributed by atoms with E-state index in [9.17, 15) is 9.90 Å². The zero-order valence-electron chi connectivity index (χ0n) is 11.8. The summed E-state index contributed by atoms with van der Waals surface area (Å²) in [5.41, 5.74) is 0. The maximum Gasteiger partial charge on any atom is 0.234 e. The van der Waals surface area contributed by atoms with E-state index in [1.54, 1.807) is 0 Å². The minimum absolute atomic E-state index is 0.0966. The van der Waals surface area contributed by atoms with E-state index < -0.39 is 0 Å². The number of carbonyl (C=O) groups excluding carboxylic acids is 1. The number of hydrogen-bond donors (Lipinski definition) is 2. The fraction of sp³-hybridized carbons (Fsp3) is 0.929. The first kappa shape index (κ1) is 15.4. The number of nitrogens with zero attached hydrogens (tertiary/aromatic N) is 1. The lowest BCUT2D eigenvalue weighted by Crippen LogP contribution is -2.43. The van der Waals surface area contributed by atoms with Crippen LogP contribution in [0.1, 0.15) is 52.4 Å². The van der Waals surface area contributed by atoms with Crippen LogP contribution in [0.5, 0.6) is 0 Å². The highest BCUT2D eigenvalue weighted by Gasteiger charge is 2.25. The molecule has 2 unspecified atom stereocenters. The molecule has 0 bridgehead atoms. The van der Waals surface area contributed by atoms with E-state index >= 15 is 0 Å². The average Bonchev–Trinajstić information content (AvgIpc) is 2.76. The third kappa shape index (κ3) is 5.36. The minimum Gasteiger partial charge on any atom is -0.395 e. The molecule has 1 amide bonds. The van der Waals surface area contributed by atoms with Crippen molar-refractivity contribution in [3.8, 4) is 0 Å². The summed E-state index contributed by atoms with van der Waals surface area (Å²) in [6.07, 6.45) is 6.79. The molecule has 0 aromatic heterocycles. The predicted octanol–water partition coefficient (Wildman–Crippen LogP) is 1.53. The first-order valence-electron chi connectivity index (χ1n) is 7.31. The van der Waals surface area contributed by atoms with E-state index in [1.807, 2.05) is 0 Å². The van der Waals surface area contributed by atoms with Gasteiger partial charge in [-0.1, -0.05) is 26.2 Å². The van der Waals surface area contributed by atoms with Crippen LogP contribution in [0, 0.1) is 0 Å². The van der Waals surface area contributed by atoms with E-state index in [0.29, 0.717) is 6.54 Å². The SMILES string of the molecule is CCCCCC(C)NC(=O)CN1CCCC1CO. The fourth-order valence-corrected chi connectivity index (χ4v) is 2.59. The van der Waals surface area contributed by atoms with Crippen molar-refractivity contribution in [2.75, 3.05) is 19.7 Å². The van der Waals surface area contributed by atoms with Gasteiger partial charge in [0.1, 0.15) is 0 Å². The Kier molecular flexibility index (Phi) is 7.28. The van der Waals surface area contributed by atoms with Crippen molar-refractivity contribution in [2.24, 2.45) is 0 Å². The molecule has 2 N–H and O–H groups in total. The van der Waals surface area contributed by atoms with Crippen molar-refractivity contribution in [2.45, 2.75) is 64.5 Å². The van der Waals surface area contributed by atoms with Gasteiger partial charge in [0.05, 0.1) is 13.2 Å². The molecule has 0 spiro atoms. The first-order chi connectivity index (χ1) is 8.67. The van der Waals surface area contributed by atoms with Gasteiger partial charge in [0.25, 0.3) is 0 Å². The Balaban J connectivity index is 2.20. The molecule has 0 aromatic carbocycles. The number of nitrogens with one attached hydrogen (secondary N) is 1. The van der Waals surface area contributed by atoms with E-state index in [-0.39, 0.29) is 24.6 Å².